The Morgan fingerprint density at radius 3 is 2.20 bits per heavy atom. The molecule has 2 heteroatoms. The Kier molecular flexibility index (Phi) is 1.47. The zero-order chi connectivity index (χ0) is 7.78. The smallest absolute Gasteiger partial charge is 0.114 e. The molecular weight excluding hydrogens is 126 g/mol. The molecule has 0 fully saturated rings. The monoisotopic (exact) mass is 139 g/mol. The fraction of sp³-hybridized carbons (Fsp3) is 0.500. The number of nitrogens with two attached hydrogens (primary N) is 1. The molecule has 1 rings (SSSR count). The van der Waals surface area contributed by atoms with Crippen LogP contribution >= 0.6 is 0 Å². The lowest BCUT2D eigenvalue weighted by Gasteiger charge is -2.13. The maximum absolute atomic E-state index is 5.48. The Bertz CT molecular complexity index is 219. The van der Waals surface area contributed by atoms with Gasteiger partial charge >= 0.3 is 0 Å². The van der Waals surface area contributed by atoms with Crippen molar-refractivity contribution < 1.29 is 4.42 Å². The second kappa shape index (κ2) is 2.04. The highest BCUT2D eigenvalue weighted by molar-refractivity contribution is 5.36. The van der Waals surface area contributed by atoms with Gasteiger partial charge in [-0.2, -0.15) is 0 Å². The fourth-order valence-electron chi connectivity index (χ4n) is 0.744. The zero-order valence-electron chi connectivity index (χ0n) is 6.64. The van der Waals surface area contributed by atoms with Crippen molar-refractivity contribution >= 4 is 5.69 Å². The van der Waals surface area contributed by atoms with E-state index in [-0.39, 0.29) is 5.41 Å². The molecular formula is C8H13NO. The van der Waals surface area contributed by atoms with E-state index in [2.05, 4.69) is 20.8 Å². The van der Waals surface area contributed by atoms with Crippen molar-refractivity contribution in [1.82, 2.24) is 0 Å². The van der Waals surface area contributed by atoms with Gasteiger partial charge < -0.3 is 10.2 Å². The lowest BCUT2D eigenvalue weighted by atomic mass is 9.93. The summed E-state index contributed by atoms with van der Waals surface area (Å²) < 4.78 is 5.20. The third kappa shape index (κ3) is 1.32. The number of furan rings is 1. The van der Waals surface area contributed by atoms with Crippen molar-refractivity contribution in [2.24, 2.45) is 0 Å². The highest BCUT2D eigenvalue weighted by Crippen LogP contribution is 2.24. The summed E-state index contributed by atoms with van der Waals surface area (Å²) in [4.78, 5) is 0. The Labute approximate surface area is 61.0 Å². The van der Waals surface area contributed by atoms with Gasteiger partial charge in [0.15, 0.2) is 0 Å². The molecule has 0 aliphatic carbocycles. The van der Waals surface area contributed by atoms with Crippen LogP contribution in [0.4, 0.5) is 5.69 Å². The summed E-state index contributed by atoms with van der Waals surface area (Å²) in [6.45, 7) is 6.27. The van der Waals surface area contributed by atoms with Crippen LogP contribution in [-0.4, -0.2) is 0 Å². The van der Waals surface area contributed by atoms with Crippen molar-refractivity contribution in [2.45, 2.75) is 26.2 Å². The summed E-state index contributed by atoms with van der Waals surface area (Å²) in [5, 5.41) is 0. The molecule has 1 aromatic rings. The molecule has 0 bridgehead atoms. The molecule has 0 aliphatic rings. The first-order valence-electron chi connectivity index (χ1n) is 3.34. The minimum atomic E-state index is 0.0671. The summed E-state index contributed by atoms with van der Waals surface area (Å²) in [6.07, 6.45) is 1.57. The summed E-state index contributed by atoms with van der Waals surface area (Å²) in [5.41, 5.74) is 6.25. The third-order valence-electron chi connectivity index (χ3n) is 1.36. The number of nitrogen functional groups attached to an aromatic ring is 1. The first-order valence-corrected chi connectivity index (χ1v) is 3.34. The quantitative estimate of drug-likeness (QED) is 0.598. The van der Waals surface area contributed by atoms with E-state index < -0.39 is 0 Å². The summed E-state index contributed by atoms with van der Waals surface area (Å²) in [7, 11) is 0. The van der Waals surface area contributed by atoms with Crippen LogP contribution in [-0.2, 0) is 5.41 Å². The van der Waals surface area contributed by atoms with Gasteiger partial charge in [0.25, 0.3) is 0 Å². The van der Waals surface area contributed by atoms with Gasteiger partial charge in [-0.05, 0) is 0 Å². The van der Waals surface area contributed by atoms with Crippen LogP contribution in [0.5, 0.6) is 0 Å². The van der Waals surface area contributed by atoms with E-state index in [0.29, 0.717) is 5.69 Å². The summed E-state index contributed by atoms with van der Waals surface area (Å²) in [5.74, 6) is 0.935. The lowest BCUT2D eigenvalue weighted by Crippen LogP contribution is -2.08. The predicted octanol–water partition coefficient (Wildman–Crippen LogP) is 2.16. The molecule has 0 aromatic carbocycles. The molecule has 0 atom stereocenters. The topological polar surface area (TPSA) is 39.2 Å². The van der Waals surface area contributed by atoms with E-state index >= 15 is 0 Å². The van der Waals surface area contributed by atoms with Gasteiger partial charge in [-0.15, -0.1) is 0 Å². The van der Waals surface area contributed by atoms with Crippen LogP contribution in [0.25, 0.3) is 0 Å². The normalized spacial score (nSPS) is 11.9. The predicted molar refractivity (Wildman–Crippen MR) is 41.8 cm³/mol. The first kappa shape index (κ1) is 7.19. The van der Waals surface area contributed by atoms with Crippen molar-refractivity contribution in [3.05, 3.63) is 18.1 Å². The molecule has 2 nitrogen and oxygen atoms in total. The molecule has 0 amide bonds. The first-order chi connectivity index (χ1) is 4.50. The molecule has 1 heterocycles. The average Bonchev–Trinajstić information content (AvgIpc) is 2.11. The van der Waals surface area contributed by atoms with Crippen LogP contribution in [0, 0.1) is 0 Å². The van der Waals surface area contributed by atoms with Crippen LogP contribution in [0.1, 0.15) is 26.5 Å². The van der Waals surface area contributed by atoms with Crippen LogP contribution in [0.2, 0.25) is 0 Å². The molecule has 0 saturated carbocycles. The van der Waals surface area contributed by atoms with E-state index in [1.807, 2.05) is 6.07 Å². The van der Waals surface area contributed by atoms with Gasteiger partial charge in [-0.1, -0.05) is 20.8 Å². The van der Waals surface area contributed by atoms with Gasteiger partial charge in [-0.25, -0.2) is 0 Å². The minimum Gasteiger partial charge on any atom is -0.467 e. The SMILES string of the molecule is CC(C)(C)c1cc(N)co1. The van der Waals surface area contributed by atoms with E-state index in [1.54, 1.807) is 6.26 Å². The van der Waals surface area contributed by atoms with Crippen LogP contribution < -0.4 is 5.73 Å². The van der Waals surface area contributed by atoms with Gasteiger partial charge in [-0.3, -0.25) is 0 Å². The van der Waals surface area contributed by atoms with Crippen molar-refractivity contribution in [1.29, 1.82) is 0 Å². The van der Waals surface area contributed by atoms with Crippen LogP contribution in [0.15, 0.2) is 16.7 Å². The van der Waals surface area contributed by atoms with Gasteiger partial charge in [0.2, 0.25) is 0 Å². The highest BCUT2D eigenvalue weighted by Gasteiger charge is 2.16. The molecule has 56 valence electrons. The molecule has 10 heavy (non-hydrogen) atoms. The molecule has 0 spiro atoms. The molecule has 0 radical (unpaired) electrons. The number of hydrogen-bond donors (Lipinski definition) is 1. The third-order valence-corrected chi connectivity index (χ3v) is 1.36. The lowest BCUT2D eigenvalue weighted by molar-refractivity contribution is 0.410. The Balaban J connectivity index is 2.96. The van der Waals surface area contributed by atoms with E-state index in [0.717, 1.165) is 5.76 Å². The van der Waals surface area contributed by atoms with E-state index in [9.17, 15) is 0 Å². The average molecular weight is 139 g/mol. The number of hydrogen-bond acceptors (Lipinski definition) is 2. The van der Waals surface area contributed by atoms with E-state index in [4.69, 9.17) is 10.2 Å². The largest absolute Gasteiger partial charge is 0.467 e. The highest BCUT2D eigenvalue weighted by atomic mass is 16.3. The standard InChI is InChI=1S/C8H13NO/c1-8(2,3)7-4-6(9)5-10-7/h4-5H,9H2,1-3H3. The molecule has 0 unspecified atom stereocenters. The van der Waals surface area contributed by atoms with Crippen molar-refractivity contribution in [3.63, 3.8) is 0 Å². The maximum Gasteiger partial charge on any atom is 0.114 e. The number of rotatable bonds is 0. The number of anilines is 1. The minimum absolute atomic E-state index is 0.0671. The van der Waals surface area contributed by atoms with Crippen molar-refractivity contribution in [3.8, 4) is 0 Å². The second-order valence-electron chi connectivity index (χ2n) is 3.49. The second-order valence-corrected chi connectivity index (χ2v) is 3.49. The van der Waals surface area contributed by atoms with Gasteiger partial charge in [0.05, 0.1) is 5.69 Å². The molecule has 2 N–H and O–H groups in total. The molecule has 1 aromatic heterocycles. The Morgan fingerprint density at radius 2 is 2.00 bits per heavy atom. The zero-order valence-corrected chi connectivity index (χ0v) is 6.64. The van der Waals surface area contributed by atoms with Gasteiger partial charge in [0.1, 0.15) is 12.0 Å². The molecule has 0 aliphatic heterocycles. The summed E-state index contributed by atoms with van der Waals surface area (Å²) >= 11 is 0. The molecule has 0 saturated heterocycles. The van der Waals surface area contributed by atoms with Crippen LogP contribution in [0.3, 0.4) is 0 Å². The van der Waals surface area contributed by atoms with Gasteiger partial charge in [0, 0.05) is 11.5 Å². The Morgan fingerprint density at radius 1 is 1.40 bits per heavy atom. The fourth-order valence-corrected chi connectivity index (χ4v) is 0.744. The van der Waals surface area contributed by atoms with E-state index in [1.165, 1.54) is 0 Å². The van der Waals surface area contributed by atoms with Crippen molar-refractivity contribution in [2.75, 3.05) is 5.73 Å². The maximum atomic E-state index is 5.48. The Hall–Kier alpha value is -0.920. The summed E-state index contributed by atoms with van der Waals surface area (Å²) in [6, 6.07) is 1.86.